The van der Waals surface area contributed by atoms with Crippen molar-refractivity contribution in [1.29, 1.82) is 0 Å². The van der Waals surface area contributed by atoms with Crippen molar-refractivity contribution >= 4 is 23.2 Å². The lowest BCUT2D eigenvalue weighted by Gasteiger charge is -2.32. The molecule has 3 rings (SSSR count). The maximum Gasteiger partial charge on any atom is 0.490 e. The fourth-order valence-corrected chi connectivity index (χ4v) is 4.59. The lowest BCUT2D eigenvalue weighted by molar-refractivity contribution is -0.192. The molecule has 2 aliphatic heterocycles. The van der Waals surface area contributed by atoms with Crippen LogP contribution in [0.15, 0.2) is 11.4 Å². The molecule has 0 bridgehead atoms. The fourth-order valence-electron chi connectivity index (χ4n) is 3.64. The van der Waals surface area contributed by atoms with E-state index in [1.54, 1.807) is 7.05 Å². The molecule has 0 spiro atoms. The van der Waals surface area contributed by atoms with E-state index in [0.717, 1.165) is 32.8 Å². The molecule has 10 heteroatoms. The zero-order valence-electron chi connectivity index (χ0n) is 15.8. The van der Waals surface area contributed by atoms with Gasteiger partial charge in [0.1, 0.15) is 0 Å². The molecule has 2 fully saturated rings. The molecule has 3 heterocycles. The van der Waals surface area contributed by atoms with Crippen LogP contribution in [-0.2, 0) is 20.9 Å². The molecule has 1 aromatic rings. The molecular weight excluding hydrogens is 397 g/mol. The Labute approximate surface area is 165 Å². The fraction of sp³-hybridized carbons (Fsp3) is 0.667. The second-order valence-electron chi connectivity index (χ2n) is 7.12. The lowest BCUT2D eigenvalue weighted by atomic mass is 9.81. The Morgan fingerprint density at radius 3 is 2.57 bits per heavy atom. The molecule has 0 aliphatic carbocycles. The zero-order chi connectivity index (χ0) is 20.9. The second kappa shape index (κ2) is 9.71. The number of fused-ring (bicyclic) bond motifs is 1. The van der Waals surface area contributed by atoms with Gasteiger partial charge in [-0.1, -0.05) is 0 Å². The minimum absolute atomic E-state index is 0.136. The van der Waals surface area contributed by atoms with E-state index >= 15 is 0 Å². The largest absolute Gasteiger partial charge is 0.490 e. The molecule has 2 N–H and O–H groups in total. The number of amides is 1. The average molecular weight is 422 g/mol. The first-order chi connectivity index (χ1) is 13.1. The molecule has 0 radical (unpaired) electrons. The number of likely N-dealkylation sites (tertiary alicyclic amines) is 1. The van der Waals surface area contributed by atoms with Crippen molar-refractivity contribution in [3.8, 4) is 0 Å². The number of aryl methyl sites for hydroxylation is 1. The van der Waals surface area contributed by atoms with Crippen molar-refractivity contribution in [3.05, 3.63) is 21.9 Å². The number of hydrogen-bond acceptors (Lipinski definition) is 5. The molecule has 0 aromatic carbocycles. The van der Waals surface area contributed by atoms with Gasteiger partial charge < -0.3 is 15.2 Å². The topological polar surface area (TPSA) is 78.9 Å². The van der Waals surface area contributed by atoms with Crippen LogP contribution in [0.5, 0.6) is 0 Å². The highest BCUT2D eigenvalue weighted by atomic mass is 32.1. The number of carboxylic acid groups (broad SMARTS) is 1. The normalized spacial score (nSPS) is 24.8. The maximum atomic E-state index is 11.7. The Balaban J connectivity index is 0.000000345. The smallest absolute Gasteiger partial charge is 0.475 e. The van der Waals surface area contributed by atoms with Gasteiger partial charge in [-0.3, -0.25) is 9.69 Å². The first-order valence-corrected chi connectivity index (χ1v) is 9.83. The van der Waals surface area contributed by atoms with E-state index < -0.39 is 12.1 Å². The van der Waals surface area contributed by atoms with Crippen LogP contribution < -0.4 is 5.32 Å². The van der Waals surface area contributed by atoms with Gasteiger partial charge in [0.15, 0.2) is 0 Å². The van der Waals surface area contributed by atoms with Crippen molar-refractivity contribution < 1.29 is 32.6 Å². The van der Waals surface area contributed by atoms with Gasteiger partial charge in [-0.15, -0.1) is 11.3 Å². The summed E-state index contributed by atoms with van der Waals surface area (Å²) < 4.78 is 37.5. The summed E-state index contributed by atoms with van der Waals surface area (Å²) in [6.45, 7) is 7.03. The number of aliphatic carboxylic acids is 1. The number of carbonyl (C=O) groups is 2. The van der Waals surface area contributed by atoms with Gasteiger partial charge in [0.05, 0.1) is 13.2 Å². The van der Waals surface area contributed by atoms with E-state index in [1.165, 1.54) is 10.4 Å². The molecule has 0 saturated carbocycles. The van der Waals surface area contributed by atoms with Crippen LogP contribution >= 0.6 is 11.3 Å². The second-order valence-corrected chi connectivity index (χ2v) is 8.12. The summed E-state index contributed by atoms with van der Waals surface area (Å²) in [5.74, 6) is -1.05. The third-order valence-corrected chi connectivity index (χ3v) is 6.15. The number of carboxylic acids is 1. The monoisotopic (exact) mass is 422 g/mol. The Morgan fingerprint density at radius 1 is 1.36 bits per heavy atom. The van der Waals surface area contributed by atoms with Crippen LogP contribution in [-0.4, -0.2) is 61.4 Å². The number of ether oxygens (including phenoxy) is 1. The van der Waals surface area contributed by atoms with Crippen molar-refractivity contribution in [2.45, 2.75) is 26.1 Å². The molecule has 2 aliphatic rings. The van der Waals surface area contributed by atoms with E-state index in [0.29, 0.717) is 24.2 Å². The summed E-state index contributed by atoms with van der Waals surface area (Å²) in [5.41, 5.74) is 1.40. The van der Waals surface area contributed by atoms with Gasteiger partial charge in [-0.05, 0) is 41.7 Å². The highest BCUT2D eigenvalue weighted by molar-refractivity contribution is 7.10. The lowest BCUT2D eigenvalue weighted by Crippen LogP contribution is -2.37. The molecule has 1 aromatic heterocycles. The van der Waals surface area contributed by atoms with Crippen molar-refractivity contribution in [2.75, 3.05) is 33.4 Å². The van der Waals surface area contributed by atoms with Gasteiger partial charge in [-0.2, -0.15) is 13.2 Å². The van der Waals surface area contributed by atoms with Gasteiger partial charge in [0.25, 0.3) is 0 Å². The molecule has 0 unspecified atom stereocenters. The molecule has 158 valence electrons. The zero-order valence-corrected chi connectivity index (χ0v) is 16.6. The Morgan fingerprint density at radius 2 is 2.04 bits per heavy atom. The van der Waals surface area contributed by atoms with Crippen LogP contribution in [0, 0.1) is 24.7 Å². The van der Waals surface area contributed by atoms with Crippen LogP contribution in [0.1, 0.15) is 16.9 Å². The standard InChI is InChI=1S/C16H24N2O2S.C2HF3O2/c1-11-3-4-21-15(11)8-18-6-13-10-20-9-12(14(13)7-18)5-16(19)17-2;3-2(4,5)1(6)7/h3-4,12-14H,5-10H2,1-2H3,(H,17,19);(H,6,7)/t12-,13-,14+;/m1./s1. The molecular formula is C18H25F3N2O4S. The third-order valence-electron chi connectivity index (χ3n) is 5.14. The molecule has 1 amide bonds. The SMILES string of the molecule is CNC(=O)C[C@@H]1COC[C@H]2CN(Cc3sccc3C)C[C@@H]12.O=C(O)C(F)(F)F. The predicted molar refractivity (Wildman–Crippen MR) is 98.0 cm³/mol. The van der Waals surface area contributed by atoms with Gasteiger partial charge in [0.2, 0.25) is 5.91 Å². The summed E-state index contributed by atoms with van der Waals surface area (Å²) in [7, 11) is 1.71. The van der Waals surface area contributed by atoms with Crippen LogP contribution in [0.2, 0.25) is 0 Å². The quantitative estimate of drug-likeness (QED) is 0.780. The maximum absolute atomic E-state index is 11.7. The van der Waals surface area contributed by atoms with E-state index in [9.17, 15) is 18.0 Å². The van der Waals surface area contributed by atoms with E-state index in [1.807, 2.05) is 11.3 Å². The molecule has 2 saturated heterocycles. The summed E-state index contributed by atoms with van der Waals surface area (Å²) in [4.78, 5) is 24.6. The predicted octanol–water partition coefficient (Wildman–Crippen LogP) is 2.52. The first kappa shape index (κ1) is 22.6. The van der Waals surface area contributed by atoms with Crippen LogP contribution in [0.3, 0.4) is 0 Å². The number of halogens is 3. The molecule has 6 nitrogen and oxygen atoms in total. The Bertz CT molecular complexity index is 680. The van der Waals surface area contributed by atoms with Crippen LogP contribution in [0.4, 0.5) is 13.2 Å². The van der Waals surface area contributed by atoms with Crippen molar-refractivity contribution in [1.82, 2.24) is 10.2 Å². The van der Waals surface area contributed by atoms with Crippen molar-refractivity contribution in [2.24, 2.45) is 17.8 Å². The highest BCUT2D eigenvalue weighted by Crippen LogP contribution is 2.36. The van der Waals surface area contributed by atoms with Gasteiger partial charge in [-0.25, -0.2) is 4.79 Å². The number of alkyl halides is 3. The minimum atomic E-state index is -5.08. The average Bonchev–Trinajstić information content (AvgIpc) is 3.21. The van der Waals surface area contributed by atoms with Gasteiger partial charge >= 0.3 is 12.1 Å². The Hall–Kier alpha value is -1.65. The molecule has 3 atom stereocenters. The van der Waals surface area contributed by atoms with E-state index in [4.69, 9.17) is 14.6 Å². The summed E-state index contributed by atoms with van der Waals surface area (Å²) in [5, 5.41) is 12.0. The van der Waals surface area contributed by atoms with Crippen LogP contribution in [0.25, 0.3) is 0 Å². The van der Waals surface area contributed by atoms with Gasteiger partial charge in [0, 0.05) is 38.0 Å². The summed E-state index contributed by atoms with van der Waals surface area (Å²) in [6, 6.07) is 2.20. The summed E-state index contributed by atoms with van der Waals surface area (Å²) >= 11 is 1.85. The van der Waals surface area contributed by atoms with E-state index in [-0.39, 0.29) is 5.91 Å². The number of rotatable bonds is 4. The van der Waals surface area contributed by atoms with E-state index in [2.05, 4.69) is 28.6 Å². The number of thiophene rings is 1. The van der Waals surface area contributed by atoms with Crippen molar-refractivity contribution in [3.63, 3.8) is 0 Å². The number of nitrogens with zero attached hydrogens (tertiary/aromatic N) is 1. The molecule has 28 heavy (non-hydrogen) atoms. The highest BCUT2D eigenvalue weighted by Gasteiger charge is 2.41. The Kier molecular flexibility index (Phi) is 7.85. The minimum Gasteiger partial charge on any atom is -0.475 e. The number of nitrogens with one attached hydrogen (secondary N) is 1. The third kappa shape index (κ3) is 6.18. The first-order valence-electron chi connectivity index (χ1n) is 8.95. The summed E-state index contributed by atoms with van der Waals surface area (Å²) in [6.07, 6.45) is -4.48. The number of hydrogen-bond donors (Lipinski definition) is 2. The number of carbonyl (C=O) groups excluding carboxylic acids is 1.